The minimum absolute atomic E-state index is 0.00261. The molecule has 6 nitrogen and oxygen atoms in total. The molecule has 1 aliphatic heterocycles. The molecule has 1 aromatic heterocycles. The van der Waals surface area contributed by atoms with E-state index in [1.165, 1.54) is 6.42 Å². The molecule has 0 aliphatic carbocycles. The predicted molar refractivity (Wildman–Crippen MR) is 106 cm³/mol. The summed E-state index contributed by atoms with van der Waals surface area (Å²) in [6, 6.07) is 7.73. The van der Waals surface area contributed by atoms with Crippen LogP contribution in [0.3, 0.4) is 0 Å². The summed E-state index contributed by atoms with van der Waals surface area (Å²) in [6.45, 7) is 7.33. The van der Waals surface area contributed by atoms with Gasteiger partial charge in [-0.15, -0.1) is 0 Å². The van der Waals surface area contributed by atoms with E-state index in [0.717, 1.165) is 42.9 Å². The van der Waals surface area contributed by atoms with Crippen LogP contribution in [-0.4, -0.2) is 46.1 Å². The Kier molecular flexibility index (Phi) is 5.63. The Balaban J connectivity index is 1.93. The van der Waals surface area contributed by atoms with Crippen LogP contribution < -0.4 is 4.90 Å². The molecule has 0 atom stereocenters. The summed E-state index contributed by atoms with van der Waals surface area (Å²) < 4.78 is 1.71. The van der Waals surface area contributed by atoms with Crippen LogP contribution in [0.15, 0.2) is 24.3 Å². The fourth-order valence-corrected chi connectivity index (χ4v) is 3.60. The molecule has 6 heteroatoms. The Labute approximate surface area is 160 Å². The lowest BCUT2D eigenvalue weighted by Gasteiger charge is -2.30. The highest BCUT2D eigenvalue weighted by Crippen LogP contribution is 2.22. The summed E-state index contributed by atoms with van der Waals surface area (Å²) in [4.78, 5) is 29.7. The summed E-state index contributed by atoms with van der Waals surface area (Å²) in [5.41, 5.74) is 3.91. The summed E-state index contributed by atoms with van der Waals surface area (Å²) in [7, 11) is 1.83. The molecule has 1 aromatic carbocycles. The zero-order chi connectivity index (χ0) is 19.6. The molecule has 2 amide bonds. The van der Waals surface area contributed by atoms with Crippen molar-refractivity contribution in [2.24, 2.45) is 7.05 Å². The van der Waals surface area contributed by atoms with E-state index in [0.29, 0.717) is 11.3 Å². The molecule has 0 saturated carbocycles. The van der Waals surface area contributed by atoms with Crippen LogP contribution >= 0.6 is 0 Å². The molecule has 0 spiro atoms. The summed E-state index contributed by atoms with van der Waals surface area (Å²) in [5, 5.41) is 4.36. The normalized spacial score (nSPS) is 14.3. The highest BCUT2D eigenvalue weighted by molar-refractivity contribution is 6.10. The number of aromatic nitrogens is 2. The Morgan fingerprint density at radius 1 is 1.04 bits per heavy atom. The molecule has 0 radical (unpaired) electrons. The van der Waals surface area contributed by atoms with Gasteiger partial charge in [-0.3, -0.25) is 19.2 Å². The summed E-state index contributed by atoms with van der Waals surface area (Å²) in [6.07, 6.45) is 3.23. The number of hydrogen-bond acceptors (Lipinski definition) is 3. The van der Waals surface area contributed by atoms with Crippen molar-refractivity contribution in [3.05, 3.63) is 46.8 Å². The van der Waals surface area contributed by atoms with E-state index >= 15 is 0 Å². The second-order valence-corrected chi connectivity index (χ2v) is 7.34. The molecular weight excluding hydrogens is 340 g/mol. The van der Waals surface area contributed by atoms with Crippen molar-refractivity contribution >= 4 is 17.5 Å². The monoisotopic (exact) mass is 368 g/mol. The van der Waals surface area contributed by atoms with Crippen molar-refractivity contribution in [1.82, 2.24) is 14.7 Å². The topological polar surface area (TPSA) is 58.4 Å². The number of amides is 2. The maximum atomic E-state index is 13.4. The number of carbonyl (C=O) groups is 2. The lowest BCUT2D eigenvalue weighted by molar-refractivity contribution is -0.130. The van der Waals surface area contributed by atoms with Gasteiger partial charge in [0.2, 0.25) is 5.91 Å². The minimum atomic E-state index is -0.174. The first kappa shape index (κ1) is 19.1. The van der Waals surface area contributed by atoms with Crippen LogP contribution in [0.1, 0.15) is 46.6 Å². The van der Waals surface area contributed by atoms with Crippen LogP contribution in [0.2, 0.25) is 0 Å². The number of aryl methyl sites for hydroxylation is 3. The van der Waals surface area contributed by atoms with Crippen molar-refractivity contribution < 1.29 is 9.59 Å². The van der Waals surface area contributed by atoms with E-state index in [4.69, 9.17) is 0 Å². The maximum Gasteiger partial charge on any atom is 0.262 e. The van der Waals surface area contributed by atoms with E-state index < -0.39 is 0 Å². The fourth-order valence-electron chi connectivity index (χ4n) is 3.60. The zero-order valence-corrected chi connectivity index (χ0v) is 16.7. The average Bonchev–Trinajstić information content (AvgIpc) is 2.92. The molecule has 1 fully saturated rings. The van der Waals surface area contributed by atoms with E-state index in [1.54, 1.807) is 9.58 Å². The molecule has 0 N–H and O–H groups in total. The molecule has 3 rings (SSSR count). The second-order valence-electron chi connectivity index (χ2n) is 7.34. The number of anilines is 1. The first-order valence-electron chi connectivity index (χ1n) is 9.55. The minimum Gasteiger partial charge on any atom is -0.341 e. The number of benzene rings is 1. The molecule has 2 aromatic rings. The smallest absolute Gasteiger partial charge is 0.262 e. The van der Waals surface area contributed by atoms with Crippen LogP contribution in [-0.2, 0) is 11.8 Å². The van der Waals surface area contributed by atoms with Gasteiger partial charge in [0.15, 0.2) is 0 Å². The van der Waals surface area contributed by atoms with E-state index in [1.807, 2.05) is 57.0 Å². The molecule has 1 saturated heterocycles. The molecule has 144 valence electrons. The van der Waals surface area contributed by atoms with E-state index in [-0.39, 0.29) is 18.4 Å². The van der Waals surface area contributed by atoms with Gasteiger partial charge in [0.05, 0.1) is 11.3 Å². The number of piperidine rings is 1. The first-order chi connectivity index (χ1) is 12.9. The molecule has 1 aliphatic rings. The maximum absolute atomic E-state index is 13.4. The number of rotatable bonds is 4. The third-order valence-electron chi connectivity index (χ3n) is 5.32. The Hall–Kier alpha value is -2.63. The molecule has 2 heterocycles. The average molecular weight is 368 g/mol. The van der Waals surface area contributed by atoms with Crippen LogP contribution in [0.5, 0.6) is 0 Å². The fraction of sp³-hybridized carbons (Fsp3) is 0.476. The summed E-state index contributed by atoms with van der Waals surface area (Å²) in [5.74, 6) is -0.171. The lowest BCUT2D eigenvalue weighted by atomic mass is 10.1. The van der Waals surface area contributed by atoms with Crippen LogP contribution in [0.4, 0.5) is 5.69 Å². The van der Waals surface area contributed by atoms with Crippen LogP contribution in [0, 0.1) is 20.8 Å². The SMILES string of the molecule is Cc1ccc(N(CC(=O)N2CCCCC2)C(=O)c2c(C)nn(C)c2C)cc1. The van der Waals surface area contributed by atoms with Gasteiger partial charge < -0.3 is 4.90 Å². The number of nitrogens with zero attached hydrogens (tertiary/aromatic N) is 4. The zero-order valence-electron chi connectivity index (χ0n) is 16.7. The van der Waals surface area contributed by atoms with Gasteiger partial charge in [-0.25, -0.2) is 0 Å². The Morgan fingerprint density at radius 2 is 1.67 bits per heavy atom. The molecule has 27 heavy (non-hydrogen) atoms. The van der Waals surface area contributed by atoms with Gasteiger partial charge in [0.1, 0.15) is 6.54 Å². The van der Waals surface area contributed by atoms with E-state index in [9.17, 15) is 9.59 Å². The number of hydrogen-bond donors (Lipinski definition) is 0. The predicted octanol–water partition coefficient (Wildman–Crippen LogP) is 3.00. The quantitative estimate of drug-likeness (QED) is 0.834. The standard InChI is InChI=1S/C21H28N4O2/c1-15-8-10-18(11-9-15)25(14-19(26)24-12-6-5-7-13-24)21(27)20-16(2)22-23(4)17(20)3/h8-11H,5-7,12-14H2,1-4H3. The van der Waals surface area contributed by atoms with Gasteiger partial charge in [-0.1, -0.05) is 17.7 Å². The third kappa shape index (κ3) is 4.04. The van der Waals surface area contributed by atoms with Crippen molar-refractivity contribution in [2.45, 2.75) is 40.0 Å². The third-order valence-corrected chi connectivity index (χ3v) is 5.32. The Bertz CT molecular complexity index is 833. The number of likely N-dealkylation sites (tertiary alicyclic amines) is 1. The first-order valence-corrected chi connectivity index (χ1v) is 9.55. The van der Waals surface area contributed by atoms with Gasteiger partial charge in [0.25, 0.3) is 5.91 Å². The van der Waals surface area contributed by atoms with Crippen molar-refractivity contribution in [3.8, 4) is 0 Å². The van der Waals surface area contributed by atoms with Gasteiger partial charge in [-0.2, -0.15) is 5.10 Å². The lowest BCUT2D eigenvalue weighted by Crippen LogP contribution is -2.45. The van der Waals surface area contributed by atoms with Crippen LogP contribution in [0.25, 0.3) is 0 Å². The molecular formula is C21H28N4O2. The second kappa shape index (κ2) is 7.94. The van der Waals surface area contributed by atoms with Gasteiger partial charge >= 0.3 is 0 Å². The summed E-state index contributed by atoms with van der Waals surface area (Å²) >= 11 is 0. The van der Waals surface area contributed by atoms with E-state index in [2.05, 4.69) is 5.10 Å². The van der Waals surface area contributed by atoms with Crippen molar-refractivity contribution in [2.75, 3.05) is 24.5 Å². The van der Waals surface area contributed by atoms with Crippen molar-refractivity contribution in [1.29, 1.82) is 0 Å². The largest absolute Gasteiger partial charge is 0.341 e. The Morgan fingerprint density at radius 3 is 2.22 bits per heavy atom. The molecule has 0 bridgehead atoms. The van der Waals surface area contributed by atoms with Gasteiger partial charge in [0, 0.05) is 31.5 Å². The number of carbonyl (C=O) groups excluding carboxylic acids is 2. The highest BCUT2D eigenvalue weighted by Gasteiger charge is 2.28. The van der Waals surface area contributed by atoms with Crippen molar-refractivity contribution in [3.63, 3.8) is 0 Å². The highest BCUT2D eigenvalue weighted by atomic mass is 16.2. The van der Waals surface area contributed by atoms with Gasteiger partial charge in [-0.05, 0) is 52.2 Å². The molecule has 0 unspecified atom stereocenters.